The number of aromatic nitrogens is 3. The zero-order valence-corrected chi connectivity index (χ0v) is 15.4. The minimum Gasteiger partial charge on any atom is -0.491 e. The van der Waals surface area contributed by atoms with Crippen LogP contribution in [0.2, 0.25) is 0 Å². The molecule has 0 saturated heterocycles. The summed E-state index contributed by atoms with van der Waals surface area (Å²) in [4.78, 5) is 4.02. The Morgan fingerprint density at radius 3 is 2.41 bits per heavy atom. The molecule has 0 amide bonds. The number of benzene rings is 1. The fourth-order valence-electron chi connectivity index (χ4n) is 2.20. The van der Waals surface area contributed by atoms with Crippen molar-refractivity contribution in [1.29, 1.82) is 0 Å². The third-order valence-electron chi connectivity index (χ3n) is 3.19. The minimum absolute atomic E-state index is 0.0856. The topological polar surface area (TPSA) is 69.4 Å². The summed E-state index contributed by atoms with van der Waals surface area (Å²) < 4.78 is 51.3. The van der Waals surface area contributed by atoms with Gasteiger partial charge in [0.15, 0.2) is 12.1 Å². The van der Waals surface area contributed by atoms with E-state index >= 15 is 0 Å². The van der Waals surface area contributed by atoms with Crippen molar-refractivity contribution in [2.75, 3.05) is 0 Å². The molecule has 1 aromatic carbocycles. The highest BCUT2D eigenvalue weighted by atomic mass is 19.4. The predicted molar refractivity (Wildman–Crippen MR) is 93.8 cm³/mol. The van der Waals surface area contributed by atoms with Gasteiger partial charge in [0.25, 0.3) is 0 Å². The summed E-state index contributed by atoms with van der Waals surface area (Å²) in [5.74, 6) is 0.182. The Morgan fingerprint density at radius 1 is 1.11 bits per heavy atom. The van der Waals surface area contributed by atoms with E-state index in [1.165, 1.54) is 29.4 Å². The summed E-state index contributed by atoms with van der Waals surface area (Å²) in [5, 5.41) is 13.7. The molecular weight excluding hydrogens is 363 g/mol. The third kappa shape index (κ3) is 6.37. The molecule has 27 heavy (non-hydrogen) atoms. The van der Waals surface area contributed by atoms with E-state index in [0.29, 0.717) is 0 Å². The van der Waals surface area contributed by atoms with E-state index in [1.54, 1.807) is 27.7 Å². The number of hydrogen-bond donors (Lipinski definition) is 1. The van der Waals surface area contributed by atoms with Gasteiger partial charge in [0, 0.05) is 11.8 Å². The quantitative estimate of drug-likeness (QED) is 0.731. The molecule has 0 spiro atoms. The number of ether oxygens (including phenoxy) is 2. The summed E-state index contributed by atoms with van der Waals surface area (Å²) in [5.41, 5.74) is -0.671. The van der Waals surface area contributed by atoms with Crippen molar-refractivity contribution in [2.24, 2.45) is 0 Å². The molecule has 0 aliphatic rings. The van der Waals surface area contributed by atoms with Crippen molar-refractivity contribution >= 4 is 6.20 Å². The van der Waals surface area contributed by atoms with Gasteiger partial charge in [-0.25, -0.2) is 9.67 Å². The molecule has 2 aromatic rings. The second-order valence-corrected chi connectivity index (χ2v) is 6.38. The number of halogens is 3. The summed E-state index contributed by atoms with van der Waals surface area (Å²) in [6, 6.07) is 3.36. The maximum atomic E-state index is 13.2. The first-order valence-corrected chi connectivity index (χ1v) is 8.37. The molecule has 0 aliphatic carbocycles. The van der Waals surface area contributed by atoms with E-state index in [2.05, 4.69) is 10.1 Å². The zero-order chi connectivity index (χ0) is 20.2. The normalized spacial score (nSPS) is 13.7. The SMILES string of the molecule is CC(C)Oc1cc(-c2ncn(/C=C\C(O)OC(C)C)n2)cc(C(F)(F)F)c1. The van der Waals surface area contributed by atoms with Crippen LogP contribution < -0.4 is 4.74 Å². The van der Waals surface area contributed by atoms with Crippen LogP contribution in [0.4, 0.5) is 13.2 Å². The van der Waals surface area contributed by atoms with Gasteiger partial charge < -0.3 is 14.6 Å². The van der Waals surface area contributed by atoms with Crippen LogP contribution in [0.15, 0.2) is 30.6 Å². The van der Waals surface area contributed by atoms with E-state index in [0.717, 1.165) is 12.1 Å². The molecule has 0 bridgehead atoms. The van der Waals surface area contributed by atoms with Crippen LogP contribution in [0, 0.1) is 0 Å². The average Bonchev–Trinajstić information content (AvgIpc) is 2.99. The van der Waals surface area contributed by atoms with Crippen molar-refractivity contribution in [3.63, 3.8) is 0 Å². The van der Waals surface area contributed by atoms with Crippen LogP contribution >= 0.6 is 0 Å². The maximum Gasteiger partial charge on any atom is 0.416 e. The lowest BCUT2D eigenvalue weighted by molar-refractivity contribution is -0.137. The van der Waals surface area contributed by atoms with Gasteiger partial charge in [-0.2, -0.15) is 13.2 Å². The lowest BCUT2D eigenvalue weighted by Crippen LogP contribution is -2.14. The van der Waals surface area contributed by atoms with Gasteiger partial charge >= 0.3 is 6.18 Å². The first-order chi connectivity index (χ1) is 12.5. The number of hydrogen-bond acceptors (Lipinski definition) is 5. The van der Waals surface area contributed by atoms with Crippen molar-refractivity contribution in [3.05, 3.63) is 36.2 Å². The smallest absolute Gasteiger partial charge is 0.416 e. The molecule has 6 nitrogen and oxygen atoms in total. The maximum absolute atomic E-state index is 13.2. The second-order valence-electron chi connectivity index (χ2n) is 6.38. The van der Waals surface area contributed by atoms with Crippen LogP contribution in [0.5, 0.6) is 5.75 Å². The van der Waals surface area contributed by atoms with E-state index in [1.807, 2.05) is 0 Å². The highest BCUT2D eigenvalue weighted by Gasteiger charge is 2.32. The molecule has 9 heteroatoms. The Bertz CT molecular complexity index is 786. The highest BCUT2D eigenvalue weighted by Crippen LogP contribution is 2.35. The van der Waals surface area contributed by atoms with Crippen molar-refractivity contribution in [1.82, 2.24) is 14.8 Å². The standard InChI is InChI=1S/C18H22F3N3O3/c1-11(2)26-15-8-13(7-14(9-15)18(19,20)21)17-22-10-24(23-17)6-5-16(25)27-12(3)4/h5-12,16,25H,1-4H3/b6-5-. The third-order valence-corrected chi connectivity index (χ3v) is 3.19. The Hall–Kier alpha value is -2.39. The van der Waals surface area contributed by atoms with Gasteiger partial charge in [-0.05, 0) is 52.0 Å². The Kier molecular flexibility index (Phi) is 6.61. The van der Waals surface area contributed by atoms with E-state index < -0.39 is 18.0 Å². The van der Waals surface area contributed by atoms with Crippen LogP contribution in [0.1, 0.15) is 33.3 Å². The minimum atomic E-state index is -4.52. The summed E-state index contributed by atoms with van der Waals surface area (Å²) in [6.45, 7) is 6.99. The fraction of sp³-hybridized carbons (Fsp3) is 0.444. The Balaban J connectivity index is 2.29. The molecule has 1 N–H and O–H groups in total. The molecule has 1 heterocycles. The number of rotatable bonds is 7. The molecule has 0 aliphatic heterocycles. The van der Waals surface area contributed by atoms with Crippen LogP contribution in [0.3, 0.4) is 0 Å². The monoisotopic (exact) mass is 385 g/mol. The number of aliphatic hydroxyl groups is 1. The van der Waals surface area contributed by atoms with Gasteiger partial charge in [0.2, 0.25) is 0 Å². The lowest BCUT2D eigenvalue weighted by atomic mass is 10.1. The number of alkyl halides is 3. The van der Waals surface area contributed by atoms with Gasteiger partial charge in [-0.1, -0.05) is 0 Å². The largest absolute Gasteiger partial charge is 0.491 e. The van der Waals surface area contributed by atoms with Crippen LogP contribution in [0.25, 0.3) is 17.6 Å². The molecule has 1 atom stereocenters. The number of nitrogens with zero attached hydrogens (tertiary/aromatic N) is 3. The zero-order valence-electron chi connectivity index (χ0n) is 15.4. The molecule has 1 unspecified atom stereocenters. The van der Waals surface area contributed by atoms with Gasteiger partial charge in [0.05, 0.1) is 17.8 Å². The molecule has 148 valence electrons. The summed E-state index contributed by atoms with van der Waals surface area (Å²) >= 11 is 0. The van der Waals surface area contributed by atoms with Gasteiger partial charge in [-0.3, -0.25) is 0 Å². The highest BCUT2D eigenvalue weighted by molar-refractivity contribution is 5.59. The fourth-order valence-corrected chi connectivity index (χ4v) is 2.20. The van der Waals surface area contributed by atoms with Gasteiger partial charge in [0.1, 0.15) is 12.1 Å². The molecule has 0 saturated carbocycles. The van der Waals surface area contributed by atoms with E-state index in [9.17, 15) is 18.3 Å². The Morgan fingerprint density at radius 2 is 1.81 bits per heavy atom. The molecule has 1 aromatic heterocycles. The van der Waals surface area contributed by atoms with Gasteiger partial charge in [-0.15, -0.1) is 5.10 Å². The van der Waals surface area contributed by atoms with Crippen molar-refractivity contribution in [2.45, 2.75) is 52.4 Å². The molecule has 0 fully saturated rings. The first-order valence-electron chi connectivity index (χ1n) is 8.37. The van der Waals surface area contributed by atoms with Crippen molar-refractivity contribution < 1.29 is 27.8 Å². The summed E-state index contributed by atoms with van der Waals surface area (Å²) in [7, 11) is 0. The van der Waals surface area contributed by atoms with E-state index in [-0.39, 0.29) is 29.3 Å². The molecule has 0 radical (unpaired) electrons. The molecule has 2 rings (SSSR count). The average molecular weight is 385 g/mol. The Labute approximate surface area is 155 Å². The second kappa shape index (κ2) is 8.53. The van der Waals surface area contributed by atoms with E-state index in [4.69, 9.17) is 9.47 Å². The van der Waals surface area contributed by atoms with Crippen molar-refractivity contribution in [3.8, 4) is 17.1 Å². The lowest BCUT2D eigenvalue weighted by Gasteiger charge is -2.14. The summed E-state index contributed by atoms with van der Waals surface area (Å²) in [6.07, 6.45) is -2.03. The first kappa shape index (κ1) is 20.9. The molecular formula is C18H22F3N3O3. The van der Waals surface area contributed by atoms with Crippen LogP contribution in [-0.4, -0.2) is 38.4 Å². The van der Waals surface area contributed by atoms with Crippen LogP contribution in [-0.2, 0) is 10.9 Å². The number of aliphatic hydroxyl groups excluding tert-OH is 1. The predicted octanol–water partition coefficient (Wildman–Crippen LogP) is 3.97.